The summed E-state index contributed by atoms with van der Waals surface area (Å²) < 4.78 is 0. The predicted molar refractivity (Wildman–Crippen MR) is 92.1 cm³/mol. The smallest absolute Gasteiger partial charge is 0.0676 e. The zero-order valence-electron chi connectivity index (χ0n) is 14.6. The van der Waals surface area contributed by atoms with E-state index in [0.717, 1.165) is 25.0 Å². The Hall–Kier alpha value is -0.500. The molecule has 0 heterocycles. The van der Waals surface area contributed by atoms with Gasteiger partial charge in [-0.1, -0.05) is 33.3 Å². The Balaban J connectivity index is 1.83. The van der Waals surface area contributed by atoms with Crippen LogP contribution in [0.4, 0.5) is 0 Å². The van der Waals surface area contributed by atoms with Crippen molar-refractivity contribution in [3.05, 3.63) is 12.3 Å². The number of unbranched alkanes of at least 4 members (excludes halogenated alkanes) is 1. The summed E-state index contributed by atoms with van der Waals surface area (Å²) in [5.41, 5.74) is 2.00. The van der Waals surface area contributed by atoms with Gasteiger partial charge in [0, 0.05) is 12.2 Å². The summed E-state index contributed by atoms with van der Waals surface area (Å²) in [5, 5.41) is 3.30. The van der Waals surface area contributed by atoms with E-state index < -0.39 is 0 Å². The molecule has 0 amide bonds. The predicted octanol–water partition coefficient (Wildman–Crippen LogP) is 4.78. The Morgan fingerprint density at radius 2 is 1.90 bits per heavy atom. The molecule has 2 atom stereocenters. The van der Waals surface area contributed by atoms with Crippen molar-refractivity contribution >= 4 is 0 Å². The number of nitrogens with one attached hydrogen (secondary N) is 1. The molecule has 21 heavy (non-hydrogen) atoms. The lowest BCUT2D eigenvalue weighted by molar-refractivity contribution is 0.219. The second-order valence-electron chi connectivity index (χ2n) is 7.55. The molecule has 1 N–H and O–H groups in total. The molecule has 0 bridgehead atoms. The van der Waals surface area contributed by atoms with Crippen molar-refractivity contribution in [3.63, 3.8) is 0 Å². The van der Waals surface area contributed by atoms with Crippen molar-refractivity contribution in [1.29, 1.82) is 0 Å². The van der Waals surface area contributed by atoms with Crippen LogP contribution >= 0.6 is 0 Å². The molecular weight excluding hydrogens is 256 g/mol. The molecular formula is C19H36N2. The number of hydrogen-bond acceptors (Lipinski definition) is 2. The highest BCUT2D eigenvalue weighted by molar-refractivity contribution is 5.02. The van der Waals surface area contributed by atoms with Crippen LogP contribution in [-0.2, 0) is 0 Å². The average molecular weight is 293 g/mol. The molecule has 0 radical (unpaired) electrons. The van der Waals surface area contributed by atoms with Crippen molar-refractivity contribution in [2.75, 3.05) is 20.3 Å². The number of hydrogen-bond donors (Lipinski definition) is 1. The van der Waals surface area contributed by atoms with E-state index in [1.807, 2.05) is 7.05 Å². The first-order valence-electron chi connectivity index (χ1n) is 9.21. The molecule has 0 aromatic carbocycles. The first-order valence-corrected chi connectivity index (χ1v) is 9.21. The zero-order chi connectivity index (χ0) is 15.3. The lowest BCUT2D eigenvalue weighted by Gasteiger charge is -2.32. The second kappa shape index (κ2) is 7.67. The normalized spacial score (nSPS) is 30.8. The Labute approximate surface area is 132 Å². The fourth-order valence-electron chi connectivity index (χ4n) is 4.50. The highest BCUT2D eigenvalue weighted by Crippen LogP contribution is 2.58. The van der Waals surface area contributed by atoms with Gasteiger partial charge in [0.2, 0.25) is 0 Å². The van der Waals surface area contributed by atoms with Gasteiger partial charge in [-0.05, 0) is 69.2 Å². The van der Waals surface area contributed by atoms with E-state index >= 15 is 0 Å². The molecule has 0 aromatic heterocycles. The Morgan fingerprint density at radius 3 is 2.38 bits per heavy atom. The van der Waals surface area contributed by atoms with Gasteiger partial charge in [-0.3, -0.25) is 0 Å². The Morgan fingerprint density at radius 1 is 1.24 bits per heavy atom. The van der Waals surface area contributed by atoms with Crippen molar-refractivity contribution in [2.24, 2.45) is 17.3 Å². The topological polar surface area (TPSA) is 15.3 Å². The fourth-order valence-corrected chi connectivity index (χ4v) is 4.50. The number of fused-ring (bicyclic) bond motifs is 1. The fraction of sp³-hybridized carbons (Fsp3) is 0.895. The van der Waals surface area contributed by atoms with Crippen LogP contribution in [-0.4, -0.2) is 25.2 Å². The molecule has 2 fully saturated rings. The van der Waals surface area contributed by atoms with Crippen molar-refractivity contribution in [2.45, 2.75) is 71.6 Å². The summed E-state index contributed by atoms with van der Waals surface area (Å²) in [6.07, 6.45) is 12.5. The summed E-state index contributed by atoms with van der Waals surface area (Å²) in [5.74, 6) is 2.15. The summed E-state index contributed by atoms with van der Waals surface area (Å²) >= 11 is 0. The van der Waals surface area contributed by atoms with Crippen LogP contribution in [0.15, 0.2) is 12.3 Å². The van der Waals surface area contributed by atoms with E-state index in [1.54, 1.807) is 0 Å². The van der Waals surface area contributed by atoms with E-state index in [9.17, 15) is 0 Å². The van der Waals surface area contributed by atoms with Gasteiger partial charge in [0.25, 0.3) is 0 Å². The molecule has 2 saturated carbocycles. The number of rotatable bonds is 10. The van der Waals surface area contributed by atoms with Gasteiger partial charge in [-0.25, -0.2) is 0 Å². The molecule has 0 saturated heterocycles. The van der Waals surface area contributed by atoms with Crippen LogP contribution < -0.4 is 5.32 Å². The van der Waals surface area contributed by atoms with Crippen LogP contribution in [0.1, 0.15) is 71.6 Å². The Kier molecular flexibility index (Phi) is 6.16. The van der Waals surface area contributed by atoms with Gasteiger partial charge in [-0.15, -0.1) is 0 Å². The van der Waals surface area contributed by atoms with Gasteiger partial charge in [-0.2, -0.15) is 0 Å². The largest absolute Gasteiger partial charge is 0.363 e. The van der Waals surface area contributed by atoms with E-state index in [-0.39, 0.29) is 0 Å². The lowest BCUT2D eigenvalue weighted by atomic mass is 9.77. The van der Waals surface area contributed by atoms with Gasteiger partial charge in [0.15, 0.2) is 0 Å². The first-order chi connectivity index (χ1) is 10.1. The van der Waals surface area contributed by atoms with Crippen molar-refractivity contribution in [3.8, 4) is 0 Å². The van der Waals surface area contributed by atoms with Gasteiger partial charge in [0.1, 0.15) is 0 Å². The van der Waals surface area contributed by atoms with Crippen LogP contribution in [0.5, 0.6) is 0 Å². The SMILES string of the molecule is C=C(CCC1(CC)CC2CCC2C1)N(CCCC)CNC. The molecule has 0 aliphatic heterocycles. The third-order valence-electron chi connectivity index (χ3n) is 6.24. The standard InChI is InChI=1S/C19H36N2/c1-5-7-12-21(15-20-4)16(3)10-11-19(6-2)13-17-8-9-18(17)14-19/h17-18,20H,3,5-15H2,1-2,4H3. The summed E-state index contributed by atoms with van der Waals surface area (Å²) in [6.45, 7) is 11.2. The minimum absolute atomic E-state index is 0.644. The van der Waals surface area contributed by atoms with Gasteiger partial charge in [0.05, 0.1) is 6.67 Å². The van der Waals surface area contributed by atoms with E-state index in [1.165, 1.54) is 63.5 Å². The van der Waals surface area contributed by atoms with E-state index in [2.05, 4.69) is 30.6 Å². The highest BCUT2D eigenvalue weighted by Gasteiger charge is 2.47. The molecule has 2 aliphatic rings. The molecule has 0 aromatic rings. The maximum atomic E-state index is 4.39. The third-order valence-corrected chi connectivity index (χ3v) is 6.24. The second-order valence-corrected chi connectivity index (χ2v) is 7.55. The van der Waals surface area contributed by atoms with E-state index in [0.29, 0.717) is 5.41 Å². The number of allylic oxidation sites excluding steroid dienone is 1. The maximum Gasteiger partial charge on any atom is 0.0676 e. The zero-order valence-corrected chi connectivity index (χ0v) is 14.6. The maximum absolute atomic E-state index is 4.39. The van der Waals surface area contributed by atoms with Gasteiger partial charge < -0.3 is 10.2 Å². The molecule has 2 unspecified atom stereocenters. The van der Waals surface area contributed by atoms with Crippen LogP contribution in [0.25, 0.3) is 0 Å². The van der Waals surface area contributed by atoms with Gasteiger partial charge >= 0.3 is 0 Å². The molecule has 2 aliphatic carbocycles. The van der Waals surface area contributed by atoms with Crippen molar-refractivity contribution in [1.82, 2.24) is 10.2 Å². The third kappa shape index (κ3) is 4.03. The minimum atomic E-state index is 0.644. The number of nitrogens with zero attached hydrogens (tertiary/aromatic N) is 1. The molecule has 2 heteroatoms. The lowest BCUT2D eigenvalue weighted by Crippen LogP contribution is -2.32. The Bertz CT molecular complexity index is 324. The molecule has 2 nitrogen and oxygen atoms in total. The summed E-state index contributed by atoms with van der Waals surface area (Å²) in [6, 6.07) is 0. The highest BCUT2D eigenvalue weighted by atomic mass is 15.2. The summed E-state index contributed by atoms with van der Waals surface area (Å²) in [4.78, 5) is 2.45. The average Bonchev–Trinajstić information content (AvgIpc) is 2.74. The summed E-state index contributed by atoms with van der Waals surface area (Å²) in [7, 11) is 2.04. The van der Waals surface area contributed by atoms with Crippen LogP contribution in [0, 0.1) is 17.3 Å². The van der Waals surface area contributed by atoms with Crippen molar-refractivity contribution < 1.29 is 0 Å². The quantitative estimate of drug-likeness (QED) is 0.583. The van der Waals surface area contributed by atoms with Crippen LogP contribution in [0.2, 0.25) is 0 Å². The van der Waals surface area contributed by atoms with Crippen LogP contribution in [0.3, 0.4) is 0 Å². The first kappa shape index (κ1) is 16.9. The van der Waals surface area contributed by atoms with E-state index in [4.69, 9.17) is 0 Å². The molecule has 0 spiro atoms. The monoisotopic (exact) mass is 292 g/mol. The minimum Gasteiger partial charge on any atom is -0.363 e. The molecule has 122 valence electrons. The molecule has 2 rings (SSSR count).